The Labute approximate surface area is 93.7 Å². The molecule has 88 valence electrons. The normalized spacial score (nSPS) is 37.5. The van der Waals surface area contributed by atoms with E-state index in [1.54, 1.807) is 14.2 Å². The van der Waals surface area contributed by atoms with Crippen molar-refractivity contribution in [2.45, 2.75) is 11.7 Å². The van der Waals surface area contributed by atoms with Gasteiger partial charge in [-0.1, -0.05) is 6.08 Å². The molecule has 0 spiro atoms. The minimum absolute atomic E-state index is 0.0147. The summed E-state index contributed by atoms with van der Waals surface area (Å²) in [5, 5.41) is 2.39. The van der Waals surface area contributed by atoms with Gasteiger partial charge in [-0.25, -0.2) is 0 Å². The van der Waals surface area contributed by atoms with E-state index in [9.17, 15) is 0 Å². The van der Waals surface area contributed by atoms with Crippen molar-refractivity contribution in [3.05, 3.63) is 23.4 Å². The van der Waals surface area contributed by atoms with Crippen LogP contribution in [0, 0.1) is 5.92 Å². The number of amidine groups is 1. The molecule has 16 heavy (non-hydrogen) atoms. The third kappa shape index (κ3) is 1.23. The number of hydrazone groups is 1. The number of methoxy groups -OCH3 is 2. The number of nitrogens with two attached hydrogens (primary N) is 3. The van der Waals surface area contributed by atoms with Crippen LogP contribution < -0.4 is 22.4 Å². The van der Waals surface area contributed by atoms with Crippen LogP contribution in [0.1, 0.15) is 0 Å². The Morgan fingerprint density at radius 1 is 1.50 bits per heavy atom. The highest BCUT2D eigenvalue weighted by atomic mass is 16.6. The highest BCUT2D eigenvalue weighted by Gasteiger charge is 2.66. The highest BCUT2D eigenvalue weighted by Crippen LogP contribution is 2.54. The third-order valence-electron chi connectivity index (χ3n) is 3.27. The second kappa shape index (κ2) is 3.50. The van der Waals surface area contributed by atoms with Crippen molar-refractivity contribution in [3.8, 4) is 0 Å². The fourth-order valence-corrected chi connectivity index (χ4v) is 2.34. The second-order valence-electron chi connectivity index (χ2n) is 3.98. The van der Waals surface area contributed by atoms with E-state index in [-0.39, 0.29) is 12.0 Å². The van der Waals surface area contributed by atoms with E-state index in [1.807, 2.05) is 12.2 Å². The summed E-state index contributed by atoms with van der Waals surface area (Å²) in [5.41, 5.74) is 12.4. The maximum atomic E-state index is 5.91. The highest BCUT2D eigenvalue weighted by molar-refractivity contribution is 5.97. The van der Waals surface area contributed by atoms with Gasteiger partial charge in [0.1, 0.15) is 5.60 Å². The minimum atomic E-state index is -0.433. The molecule has 7 N–H and O–H groups in total. The fraction of sp³-hybridized carbons (Fsp3) is 0.500. The van der Waals surface area contributed by atoms with Crippen LogP contribution in [0.5, 0.6) is 0 Å². The molecule has 3 unspecified atom stereocenters. The van der Waals surface area contributed by atoms with E-state index < -0.39 is 5.60 Å². The lowest BCUT2D eigenvalue weighted by Crippen LogP contribution is -2.82. The van der Waals surface area contributed by atoms with E-state index in [1.165, 1.54) is 0 Å². The summed E-state index contributed by atoms with van der Waals surface area (Å²) in [5.74, 6) is 5.74. The Bertz CT molecular complexity index is 402. The molecule has 6 nitrogen and oxygen atoms in total. The zero-order chi connectivity index (χ0) is 11.9. The average molecular weight is 225 g/mol. The van der Waals surface area contributed by atoms with Gasteiger partial charge in [-0.15, -0.1) is 0 Å². The number of rotatable bonds is 3. The van der Waals surface area contributed by atoms with Crippen LogP contribution in [-0.2, 0) is 9.47 Å². The molecule has 0 heterocycles. The smallest absolute Gasteiger partial charge is 0.297 e. The van der Waals surface area contributed by atoms with Crippen molar-refractivity contribution >= 4 is 5.84 Å². The molecule has 0 aliphatic heterocycles. The van der Waals surface area contributed by atoms with E-state index in [0.29, 0.717) is 17.1 Å². The Balaban J connectivity index is 2.35. The maximum Gasteiger partial charge on any atom is 0.297 e. The topological polar surface area (TPSA) is 110 Å². The summed E-state index contributed by atoms with van der Waals surface area (Å²) < 4.78 is 10.8. The van der Waals surface area contributed by atoms with Crippen molar-refractivity contribution in [2.24, 2.45) is 23.2 Å². The molecule has 0 amide bonds. The lowest BCUT2D eigenvalue weighted by molar-refractivity contribution is -0.469. The standard InChI is InChI=1S/C10H16N4O2/c1-15-8-6-3-5(9(12)14-13)7(11)4-10(6,8)16-2/h3-4,6,8H,11,13H2,1-2H3,(H2,12,14)/p+1. The number of hydrogen-bond acceptors (Lipinski definition) is 4. The van der Waals surface area contributed by atoms with Crippen LogP contribution in [0.25, 0.3) is 0 Å². The van der Waals surface area contributed by atoms with Gasteiger partial charge in [0.15, 0.2) is 0 Å². The van der Waals surface area contributed by atoms with Gasteiger partial charge in [0.25, 0.3) is 5.84 Å². The van der Waals surface area contributed by atoms with E-state index >= 15 is 0 Å². The van der Waals surface area contributed by atoms with Crippen LogP contribution in [0.15, 0.2) is 23.4 Å². The van der Waals surface area contributed by atoms with Gasteiger partial charge in [0.2, 0.25) is 0 Å². The fourth-order valence-electron chi connectivity index (χ4n) is 2.34. The van der Waals surface area contributed by atoms with E-state index in [0.717, 1.165) is 0 Å². The first-order valence-electron chi connectivity index (χ1n) is 4.98. The maximum absolute atomic E-state index is 5.91. The number of hydrazine groups is 1. The summed E-state index contributed by atoms with van der Waals surface area (Å²) >= 11 is 0. The van der Waals surface area contributed by atoms with Crippen LogP contribution in [0.2, 0.25) is 0 Å². The first-order chi connectivity index (χ1) is 7.60. The summed E-state index contributed by atoms with van der Waals surface area (Å²) in [6.07, 6.45) is 3.76. The second-order valence-corrected chi connectivity index (χ2v) is 3.98. The lowest BCUT2D eigenvalue weighted by Gasteiger charge is -2.16. The minimum Gasteiger partial charge on any atom is -0.398 e. The quantitative estimate of drug-likeness (QED) is 0.178. The van der Waals surface area contributed by atoms with Gasteiger partial charge in [0, 0.05) is 25.8 Å². The molecule has 3 atom stereocenters. The molecule has 2 aliphatic rings. The Kier molecular flexibility index (Phi) is 2.40. The zero-order valence-corrected chi connectivity index (χ0v) is 9.36. The monoisotopic (exact) mass is 225 g/mol. The molecule has 1 saturated carbocycles. The molecular weight excluding hydrogens is 208 g/mol. The molecule has 0 aromatic rings. The largest absolute Gasteiger partial charge is 0.398 e. The first-order valence-corrected chi connectivity index (χ1v) is 4.98. The van der Waals surface area contributed by atoms with Crippen LogP contribution in [-0.4, -0.2) is 31.8 Å². The summed E-state index contributed by atoms with van der Waals surface area (Å²) in [4.78, 5) is 0. The number of hydrogen-bond donors (Lipinski definition) is 4. The van der Waals surface area contributed by atoms with Gasteiger partial charge in [-0.05, 0) is 6.08 Å². The van der Waals surface area contributed by atoms with E-state index in [4.69, 9.17) is 26.8 Å². The molecule has 2 rings (SSSR count). The molecule has 0 aromatic heterocycles. The van der Waals surface area contributed by atoms with Crippen molar-refractivity contribution in [2.75, 3.05) is 14.2 Å². The molecule has 6 heteroatoms. The Morgan fingerprint density at radius 2 is 2.19 bits per heavy atom. The van der Waals surface area contributed by atoms with Gasteiger partial charge in [0.05, 0.1) is 11.7 Å². The van der Waals surface area contributed by atoms with Crippen molar-refractivity contribution in [1.29, 1.82) is 0 Å². The van der Waals surface area contributed by atoms with Gasteiger partial charge >= 0.3 is 0 Å². The van der Waals surface area contributed by atoms with Crippen LogP contribution >= 0.6 is 0 Å². The number of ether oxygens (including phenoxy) is 2. The molecule has 0 bridgehead atoms. The van der Waals surface area contributed by atoms with Crippen molar-refractivity contribution < 1.29 is 14.6 Å². The number of nitrogens with one attached hydrogen (secondary N) is 1. The van der Waals surface area contributed by atoms with E-state index in [2.05, 4.69) is 5.10 Å². The summed E-state index contributed by atoms with van der Waals surface area (Å²) in [7, 11) is 3.29. The Hall–Kier alpha value is -1.53. The molecule has 2 aliphatic carbocycles. The van der Waals surface area contributed by atoms with Gasteiger partial charge < -0.3 is 15.2 Å². The van der Waals surface area contributed by atoms with Crippen LogP contribution in [0.4, 0.5) is 0 Å². The summed E-state index contributed by atoms with van der Waals surface area (Å²) in [6.45, 7) is 0. The molecule has 0 saturated heterocycles. The van der Waals surface area contributed by atoms with Crippen molar-refractivity contribution in [3.63, 3.8) is 0 Å². The zero-order valence-electron chi connectivity index (χ0n) is 9.36. The average Bonchev–Trinajstić information content (AvgIpc) is 2.93. The molecular formula is C10H17N4O2+. The molecule has 1 fully saturated rings. The van der Waals surface area contributed by atoms with Crippen molar-refractivity contribution in [1.82, 2.24) is 0 Å². The molecule has 0 aromatic carbocycles. The predicted octanol–water partition coefficient (Wildman–Crippen LogP) is -2.89. The first kappa shape index (κ1) is 11.0. The lowest BCUT2D eigenvalue weighted by atomic mass is 10.0. The van der Waals surface area contributed by atoms with Gasteiger partial charge in [-0.2, -0.15) is 5.10 Å². The molecule has 0 radical (unpaired) electrons. The summed E-state index contributed by atoms with van der Waals surface area (Å²) in [6, 6.07) is 0. The Morgan fingerprint density at radius 3 is 2.69 bits per heavy atom. The predicted molar refractivity (Wildman–Crippen MR) is 58.7 cm³/mol. The van der Waals surface area contributed by atoms with Crippen LogP contribution in [0.3, 0.4) is 0 Å². The van der Waals surface area contributed by atoms with Gasteiger partial charge in [-0.3, -0.25) is 11.6 Å². The SMILES string of the molecule is COC1C2C=C(C(N)=[NH+]N)C(N)=CC21OC. The third-order valence-corrected chi connectivity index (χ3v) is 3.27. The number of fused-ring (bicyclic) bond motifs is 1.